The molecule has 1 atom stereocenters. The van der Waals surface area contributed by atoms with E-state index in [2.05, 4.69) is 10.3 Å². The zero-order chi connectivity index (χ0) is 17.0. The van der Waals surface area contributed by atoms with Gasteiger partial charge in [-0.2, -0.15) is 0 Å². The van der Waals surface area contributed by atoms with Gasteiger partial charge in [0.15, 0.2) is 0 Å². The van der Waals surface area contributed by atoms with Gasteiger partial charge in [0.1, 0.15) is 6.54 Å². The summed E-state index contributed by atoms with van der Waals surface area (Å²) in [6.07, 6.45) is 1.30. The number of hydrogen-bond acceptors (Lipinski definition) is 3. The summed E-state index contributed by atoms with van der Waals surface area (Å²) in [6, 6.07) is 8.26. The summed E-state index contributed by atoms with van der Waals surface area (Å²) < 4.78 is 1.15. The Morgan fingerprint density at radius 2 is 1.87 bits per heavy atom. The molecule has 0 saturated carbocycles. The molecule has 1 aromatic carbocycles. The van der Waals surface area contributed by atoms with E-state index in [1.165, 1.54) is 12.3 Å². The van der Waals surface area contributed by atoms with Crippen molar-refractivity contribution in [3.63, 3.8) is 0 Å². The summed E-state index contributed by atoms with van der Waals surface area (Å²) in [6.45, 7) is 3.82. The van der Waals surface area contributed by atoms with Crippen LogP contribution in [0.3, 0.4) is 0 Å². The summed E-state index contributed by atoms with van der Waals surface area (Å²) in [4.78, 5) is 37.0. The number of nitrogens with one attached hydrogen (secondary N) is 2. The normalized spacial score (nSPS) is 12.2. The van der Waals surface area contributed by atoms with E-state index in [-0.39, 0.29) is 24.4 Å². The highest BCUT2D eigenvalue weighted by atomic mass is 35.5. The summed E-state index contributed by atoms with van der Waals surface area (Å²) in [5, 5.41) is 3.54. The van der Waals surface area contributed by atoms with E-state index in [1.54, 1.807) is 12.1 Å². The molecule has 0 spiro atoms. The van der Waals surface area contributed by atoms with Gasteiger partial charge in [0.05, 0.1) is 6.04 Å². The van der Waals surface area contributed by atoms with Crippen LogP contribution in [-0.4, -0.2) is 15.5 Å². The van der Waals surface area contributed by atoms with Crippen LogP contribution in [0.25, 0.3) is 0 Å². The average molecular weight is 336 g/mol. The topological polar surface area (TPSA) is 84.0 Å². The molecule has 7 heteroatoms. The van der Waals surface area contributed by atoms with Gasteiger partial charge in [0.2, 0.25) is 5.91 Å². The van der Waals surface area contributed by atoms with Gasteiger partial charge in [0.25, 0.3) is 5.56 Å². The van der Waals surface area contributed by atoms with Crippen LogP contribution in [0.2, 0.25) is 5.02 Å². The smallest absolute Gasteiger partial charge is 0.328 e. The van der Waals surface area contributed by atoms with Crippen LogP contribution in [0.5, 0.6) is 0 Å². The van der Waals surface area contributed by atoms with Crippen molar-refractivity contribution in [3.8, 4) is 0 Å². The number of carbonyl (C=O) groups is 1. The number of H-pyrrole nitrogens is 1. The molecule has 2 rings (SSSR count). The fourth-order valence-electron chi connectivity index (χ4n) is 2.25. The van der Waals surface area contributed by atoms with E-state index < -0.39 is 11.2 Å². The molecule has 0 radical (unpaired) electrons. The monoisotopic (exact) mass is 335 g/mol. The number of nitrogens with zero attached hydrogens (tertiary/aromatic N) is 1. The summed E-state index contributed by atoms with van der Waals surface area (Å²) >= 11 is 5.88. The minimum atomic E-state index is -0.611. The molecule has 0 fully saturated rings. The molecule has 6 nitrogen and oxygen atoms in total. The van der Waals surface area contributed by atoms with Crippen molar-refractivity contribution in [1.82, 2.24) is 14.9 Å². The van der Waals surface area contributed by atoms with Crippen molar-refractivity contribution < 1.29 is 4.79 Å². The van der Waals surface area contributed by atoms with Crippen LogP contribution in [0.15, 0.2) is 46.1 Å². The maximum Gasteiger partial charge on any atom is 0.328 e. The molecule has 1 heterocycles. The van der Waals surface area contributed by atoms with Crippen LogP contribution in [0, 0.1) is 5.92 Å². The molecule has 1 amide bonds. The van der Waals surface area contributed by atoms with E-state index in [4.69, 9.17) is 11.6 Å². The lowest BCUT2D eigenvalue weighted by Crippen LogP contribution is -2.38. The second kappa shape index (κ2) is 7.28. The fourth-order valence-corrected chi connectivity index (χ4v) is 2.37. The minimum absolute atomic E-state index is 0.160. The number of hydrogen-bond donors (Lipinski definition) is 2. The molecular weight excluding hydrogens is 318 g/mol. The second-order valence-electron chi connectivity index (χ2n) is 5.58. The van der Waals surface area contributed by atoms with Gasteiger partial charge in [-0.05, 0) is 23.6 Å². The van der Waals surface area contributed by atoms with Crippen LogP contribution in [0.4, 0.5) is 0 Å². The molecule has 2 N–H and O–H groups in total. The SMILES string of the molecule is CC(C)[C@H](NC(=O)Cn1ccc(=O)[nH]c1=O)c1ccc(Cl)cc1. The maximum atomic E-state index is 12.2. The first-order valence-corrected chi connectivity index (χ1v) is 7.59. The average Bonchev–Trinajstić information content (AvgIpc) is 2.48. The molecule has 1 aromatic heterocycles. The second-order valence-corrected chi connectivity index (χ2v) is 6.02. The molecule has 23 heavy (non-hydrogen) atoms. The van der Waals surface area contributed by atoms with Crippen molar-refractivity contribution in [2.24, 2.45) is 5.92 Å². The third-order valence-corrected chi connectivity index (χ3v) is 3.68. The predicted octanol–water partition coefficient (Wildman–Crippen LogP) is 1.70. The first-order chi connectivity index (χ1) is 10.9. The van der Waals surface area contributed by atoms with E-state index in [1.807, 2.05) is 26.0 Å². The van der Waals surface area contributed by atoms with Gasteiger partial charge in [0, 0.05) is 17.3 Å². The Hall–Kier alpha value is -2.34. The van der Waals surface area contributed by atoms with Crippen molar-refractivity contribution >= 4 is 17.5 Å². The van der Waals surface area contributed by atoms with Crippen molar-refractivity contribution in [2.75, 3.05) is 0 Å². The third kappa shape index (κ3) is 4.56. The number of aromatic amines is 1. The lowest BCUT2D eigenvalue weighted by atomic mass is 9.96. The molecule has 2 aromatic rings. The van der Waals surface area contributed by atoms with Crippen LogP contribution in [0.1, 0.15) is 25.5 Å². The van der Waals surface area contributed by atoms with Crippen molar-refractivity contribution in [2.45, 2.75) is 26.4 Å². The summed E-state index contributed by atoms with van der Waals surface area (Å²) in [7, 11) is 0. The standard InChI is InChI=1S/C16H18ClN3O3/c1-10(2)15(11-3-5-12(17)6-4-11)18-14(22)9-20-8-7-13(21)19-16(20)23/h3-8,10,15H,9H2,1-2H3,(H,18,22)(H,19,21,23)/t15-/m0/s1. The van der Waals surface area contributed by atoms with Crippen LogP contribution < -0.4 is 16.6 Å². The third-order valence-electron chi connectivity index (χ3n) is 3.42. The Labute approximate surface area is 138 Å². The van der Waals surface area contributed by atoms with E-state index >= 15 is 0 Å². The molecule has 122 valence electrons. The largest absolute Gasteiger partial charge is 0.347 e. The molecule has 0 unspecified atom stereocenters. The molecule has 0 aliphatic rings. The number of carbonyl (C=O) groups excluding carboxylic acids is 1. The fraction of sp³-hybridized carbons (Fsp3) is 0.312. The molecule has 0 bridgehead atoms. The van der Waals surface area contributed by atoms with Crippen molar-refractivity contribution in [3.05, 3.63) is 68.0 Å². The van der Waals surface area contributed by atoms with Gasteiger partial charge < -0.3 is 5.32 Å². The molecule has 0 aliphatic heterocycles. The quantitative estimate of drug-likeness (QED) is 0.872. The Bertz CT molecular complexity index is 793. The number of benzene rings is 1. The van der Waals surface area contributed by atoms with Gasteiger partial charge >= 0.3 is 5.69 Å². The lowest BCUT2D eigenvalue weighted by Gasteiger charge is -2.23. The van der Waals surface area contributed by atoms with Gasteiger partial charge in [-0.1, -0.05) is 37.6 Å². The summed E-state index contributed by atoms with van der Waals surface area (Å²) in [5.74, 6) is -0.153. The first-order valence-electron chi connectivity index (χ1n) is 7.21. The number of rotatable bonds is 5. The van der Waals surface area contributed by atoms with E-state index in [0.29, 0.717) is 5.02 Å². The Balaban J connectivity index is 2.13. The molecular formula is C16H18ClN3O3. The zero-order valence-electron chi connectivity index (χ0n) is 12.9. The number of halogens is 1. The number of amides is 1. The van der Waals surface area contributed by atoms with Gasteiger partial charge in [-0.25, -0.2) is 4.79 Å². The van der Waals surface area contributed by atoms with Crippen LogP contribution >= 0.6 is 11.6 Å². The van der Waals surface area contributed by atoms with E-state index in [9.17, 15) is 14.4 Å². The highest BCUT2D eigenvalue weighted by molar-refractivity contribution is 6.30. The van der Waals surface area contributed by atoms with Crippen LogP contribution in [-0.2, 0) is 11.3 Å². The molecule has 0 aliphatic carbocycles. The summed E-state index contributed by atoms with van der Waals surface area (Å²) in [5.41, 5.74) is -0.167. The number of aromatic nitrogens is 2. The maximum absolute atomic E-state index is 12.2. The first kappa shape index (κ1) is 17.0. The Morgan fingerprint density at radius 3 is 2.43 bits per heavy atom. The predicted molar refractivity (Wildman–Crippen MR) is 88.5 cm³/mol. The minimum Gasteiger partial charge on any atom is -0.347 e. The highest BCUT2D eigenvalue weighted by Crippen LogP contribution is 2.23. The Morgan fingerprint density at radius 1 is 1.22 bits per heavy atom. The Kier molecular flexibility index (Phi) is 5.39. The van der Waals surface area contributed by atoms with Crippen molar-refractivity contribution in [1.29, 1.82) is 0 Å². The lowest BCUT2D eigenvalue weighted by molar-refractivity contribution is -0.122. The van der Waals surface area contributed by atoms with E-state index in [0.717, 1.165) is 10.1 Å². The van der Waals surface area contributed by atoms with Gasteiger partial charge in [-0.3, -0.25) is 19.1 Å². The van der Waals surface area contributed by atoms with Gasteiger partial charge in [-0.15, -0.1) is 0 Å². The molecule has 0 saturated heterocycles. The highest BCUT2D eigenvalue weighted by Gasteiger charge is 2.18. The zero-order valence-corrected chi connectivity index (χ0v) is 13.6.